The van der Waals surface area contributed by atoms with Crippen LogP contribution in [0.15, 0.2) is 42.6 Å². The lowest BCUT2D eigenvalue weighted by atomic mass is 10.2. The highest BCUT2D eigenvalue weighted by Crippen LogP contribution is 2.33. The molecule has 1 amide bonds. The van der Waals surface area contributed by atoms with Crippen molar-refractivity contribution in [1.82, 2.24) is 4.98 Å². The first-order valence-corrected chi connectivity index (χ1v) is 7.38. The number of aryl methyl sites for hydroxylation is 1. The lowest BCUT2D eigenvalue weighted by Gasteiger charge is -2.19. The zero-order valence-corrected chi connectivity index (χ0v) is 12.6. The van der Waals surface area contributed by atoms with E-state index in [9.17, 15) is 4.79 Å². The van der Waals surface area contributed by atoms with E-state index < -0.39 is 0 Å². The predicted molar refractivity (Wildman–Crippen MR) is 87.9 cm³/mol. The highest BCUT2D eigenvalue weighted by Gasteiger charge is 2.21. The Morgan fingerprint density at radius 2 is 2.00 bits per heavy atom. The molecular formula is C16H15N3OS. The second-order valence-electron chi connectivity index (χ2n) is 4.85. The van der Waals surface area contributed by atoms with Crippen LogP contribution in [0.25, 0.3) is 10.2 Å². The number of carbonyl (C=O) groups excluding carboxylic acids is 1. The van der Waals surface area contributed by atoms with Crippen LogP contribution < -0.4 is 10.6 Å². The molecule has 0 radical (unpaired) electrons. The van der Waals surface area contributed by atoms with Crippen molar-refractivity contribution in [2.45, 2.75) is 6.92 Å². The number of benzene rings is 1. The molecule has 0 unspecified atom stereocenters. The molecule has 1 aromatic carbocycles. The molecule has 0 fully saturated rings. The third-order valence-electron chi connectivity index (χ3n) is 3.46. The number of thiophene rings is 1. The number of nitrogens with two attached hydrogens (primary N) is 1. The van der Waals surface area contributed by atoms with Gasteiger partial charge in [0.15, 0.2) is 0 Å². The fourth-order valence-corrected chi connectivity index (χ4v) is 3.36. The number of pyridine rings is 1. The van der Waals surface area contributed by atoms with Crippen LogP contribution in [0.4, 0.5) is 11.4 Å². The lowest BCUT2D eigenvalue weighted by Crippen LogP contribution is -2.26. The van der Waals surface area contributed by atoms with Crippen molar-refractivity contribution in [3.8, 4) is 0 Å². The van der Waals surface area contributed by atoms with Gasteiger partial charge in [-0.05, 0) is 30.7 Å². The molecule has 21 heavy (non-hydrogen) atoms. The maximum absolute atomic E-state index is 12.7. The Hall–Kier alpha value is -2.40. The first-order valence-electron chi connectivity index (χ1n) is 6.56. The molecular weight excluding hydrogens is 282 g/mol. The summed E-state index contributed by atoms with van der Waals surface area (Å²) < 4.78 is 0.927. The fourth-order valence-electron chi connectivity index (χ4n) is 2.31. The average molecular weight is 297 g/mol. The molecule has 3 aromatic rings. The summed E-state index contributed by atoms with van der Waals surface area (Å²) in [5.41, 5.74) is 9.18. The Labute approximate surface area is 126 Å². The second-order valence-corrected chi connectivity index (χ2v) is 5.90. The van der Waals surface area contributed by atoms with Gasteiger partial charge in [0.05, 0.1) is 10.4 Å². The number of aromatic nitrogens is 1. The summed E-state index contributed by atoms with van der Waals surface area (Å²) >= 11 is 1.38. The quantitative estimate of drug-likeness (QED) is 0.788. The number of carbonyl (C=O) groups is 1. The molecule has 2 N–H and O–H groups in total. The van der Waals surface area contributed by atoms with Crippen LogP contribution in [0.5, 0.6) is 0 Å². The number of para-hydroxylation sites is 1. The summed E-state index contributed by atoms with van der Waals surface area (Å²) in [5, 5.41) is 0. The Balaban J connectivity index is 2.04. The third-order valence-corrected chi connectivity index (χ3v) is 4.61. The molecule has 5 heteroatoms. The van der Waals surface area contributed by atoms with E-state index in [1.54, 1.807) is 18.1 Å². The molecule has 0 saturated heterocycles. The minimum atomic E-state index is -0.107. The Morgan fingerprint density at radius 1 is 1.24 bits per heavy atom. The molecule has 106 valence electrons. The van der Waals surface area contributed by atoms with Crippen molar-refractivity contribution in [1.29, 1.82) is 0 Å². The normalized spacial score (nSPS) is 10.8. The first kappa shape index (κ1) is 13.6. The van der Waals surface area contributed by atoms with E-state index in [2.05, 4.69) is 4.98 Å². The van der Waals surface area contributed by atoms with Gasteiger partial charge in [0.25, 0.3) is 5.91 Å². The number of nitrogens with zero attached hydrogens (tertiary/aromatic N) is 2. The number of hydrogen-bond acceptors (Lipinski definition) is 4. The van der Waals surface area contributed by atoms with Crippen LogP contribution in [0.3, 0.4) is 0 Å². The van der Waals surface area contributed by atoms with Crippen molar-refractivity contribution in [3.05, 3.63) is 53.0 Å². The van der Waals surface area contributed by atoms with E-state index in [4.69, 9.17) is 5.73 Å². The van der Waals surface area contributed by atoms with E-state index >= 15 is 0 Å². The largest absolute Gasteiger partial charge is 0.396 e. The average Bonchev–Trinajstić information content (AvgIpc) is 2.84. The van der Waals surface area contributed by atoms with Crippen LogP contribution in [0.1, 0.15) is 15.2 Å². The van der Waals surface area contributed by atoms with Gasteiger partial charge in [-0.15, -0.1) is 11.3 Å². The number of nitrogen functional groups attached to an aromatic ring is 1. The number of rotatable bonds is 2. The summed E-state index contributed by atoms with van der Waals surface area (Å²) in [5.74, 6) is -0.107. The van der Waals surface area contributed by atoms with E-state index in [-0.39, 0.29) is 5.91 Å². The zero-order valence-electron chi connectivity index (χ0n) is 11.8. The molecule has 0 atom stereocenters. The molecule has 2 aromatic heterocycles. The summed E-state index contributed by atoms with van der Waals surface area (Å²) in [4.78, 5) is 19.1. The fraction of sp³-hybridized carbons (Fsp3) is 0.125. The van der Waals surface area contributed by atoms with Crippen molar-refractivity contribution in [3.63, 3.8) is 0 Å². The SMILES string of the molecule is Cc1ccccc1N(C)C(=O)c1sc2cccnc2c1N. The highest BCUT2D eigenvalue weighted by atomic mass is 32.1. The van der Waals surface area contributed by atoms with Crippen molar-refractivity contribution >= 4 is 38.8 Å². The van der Waals surface area contributed by atoms with E-state index in [1.807, 2.05) is 43.3 Å². The molecule has 0 aliphatic rings. The van der Waals surface area contributed by atoms with Gasteiger partial charge in [-0.2, -0.15) is 0 Å². The molecule has 2 heterocycles. The Morgan fingerprint density at radius 3 is 2.71 bits per heavy atom. The van der Waals surface area contributed by atoms with Gasteiger partial charge in [0.1, 0.15) is 10.4 Å². The minimum Gasteiger partial charge on any atom is -0.396 e. The van der Waals surface area contributed by atoms with E-state index in [1.165, 1.54) is 11.3 Å². The van der Waals surface area contributed by atoms with E-state index in [0.717, 1.165) is 16.0 Å². The van der Waals surface area contributed by atoms with Crippen LogP contribution in [0, 0.1) is 6.92 Å². The molecule has 4 nitrogen and oxygen atoms in total. The van der Waals surface area contributed by atoms with Crippen LogP contribution in [0.2, 0.25) is 0 Å². The maximum atomic E-state index is 12.7. The highest BCUT2D eigenvalue weighted by molar-refractivity contribution is 7.21. The van der Waals surface area contributed by atoms with Crippen molar-refractivity contribution < 1.29 is 4.79 Å². The van der Waals surface area contributed by atoms with Crippen LogP contribution in [-0.2, 0) is 0 Å². The molecule has 0 saturated carbocycles. The predicted octanol–water partition coefficient (Wildman–Crippen LogP) is 3.46. The molecule has 3 rings (SSSR count). The number of hydrogen-bond donors (Lipinski definition) is 1. The Kier molecular flexibility index (Phi) is 3.35. The van der Waals surface area contributed by atoms with Gasteiger partial charge in [0, 0.05) is 18.9 Å². The molecule has 0 aliphatic carbocycles. The summed E-state index contributed by atoms with van der Waals surface area (Å²) in [6.45, 7) is 1.98. The van der Waals surface area contributed by atoms with Crippen LogP contribution >= 0.6 is 11.3 Å². The molecule has 0 spiro atoms. The van der Waals surface area contributed by atoms with Crippen molar-refractivity contribution in [2.75, 3.05) is 17.7 Å². The zero-order chi connectivity index (χ0) is 15.0. The topological polar surface area (TPSA) is 59.2 Å². The summed E-state index contributed by atoms with van der Waals surface area (Å²) in [6.07, 6.45) is 1.69. The van der Waals surface area contributed by atoms with Gasteiger partial charge < -0.3 is 10.6 Å². The summed E-state index contributed by atoms with van der Waals surface area (Å²) in [6, 6.07) is 11.5. The van der Waals surface area contributed by atoms with E-state index in [0.29, 0.717) is 16.1 Å². The van der Waals surface area contributed by atoms with Gasteiger partial charge in [0.2, 0.25) is 0 Å². The van der Waals surface area contributed by atoms with Gasteiger partial charge in [-0.1, -0.05) is 18.2 Å². The second kappa shape index (κ2) is 5.18. The van der Waals surface area contributed by atoms with Gasteiger partial charge >= 0.3 is 0 Å². The lowest BCUT2D eigenvalue weighted by molar-refractivity contribution is 0.0997. The number of anilines is 2. The third kappa shape index (κ3) is 2.25. The monoisotopic (exact) mass is 297 g/mol. The maximum Gasteiger partial charge on any atom is 0.270 e. The number of fused-ring (bicyclic) bond motifs is 1. The van der Waals surface area contributed by atoms with Gasteiger partial charge in [-0.25, -0.2) is 0 Å². The molecule has 0 aliphatic heterocycles. The van der Waals surface area contributed by atoms with Crippen molar-refractivity contribution in [2.24, 2.45) is 0 Å². The number of amides is 1. The smallest absolute Gasteiger partial charge is 0.270 e. The first-order chi connectivity index (χ1) is 10.1. The van der Waals surface area contributed by atoms with Gasteiger partial charge in [-0.3, -0.25) is 9.78 Å². The summed E-state index contributed by atoms with van der Waals surface area (Å²) in [7, 11) is 1.77. The molecule has 0 bridgehead atoms. The van der Waals surface area contributed by atoms with Crippen LogP contribution in [-0.4, -0.2) is 17.9 Å². The minimum absolute atomic E-state index is 0.107. The standard InChI is InChI=1S/C16H15N3OS/c1-10-6-3-4-7-11(10)19(2)16(20)15-13(17)14-12(21-15)8-5-9-18-14/h3-9H,17H2,1-2H3. The Bertz CT molecular complexity index is 825.